The Labute approximate surface area is 191 Å². The van der Waals surface area contributed by atoms with Crippen molar-refractivity contribution < 1.29 is 40.6 Å². The number of carbonyl (C=O) groups excluding carboxylic acids is 1. The Morgan fingerprint density at radius 1 is 1.12 bits per heavy atom. The van der Waals surface area contributed by atoms with Crippen LogP contribution in [0, 0.1) is 0 Å². The molecular weight excluding hydrogens is 468 g/mol. The second kappa shape index (κ2) is 11.0. The Morgan fingerprint density at radius 3 is 2.29 bits per heavy atom. The van der Waals surface area contributed by atoms with Gasteiger partial charge in [-0.25, -0.2) is 4.98 Å². The summed E-state index contributed by atoms with van der Waals surface area (Å²) in [6.07, 6.45) is -9.43. The predicted molar refractivity (Wildman–Crippen MR) is 111 cm³/mol. The third-order valence-corrected chi connectivity index (χ3v) is 4.41. The summed E-state index contributed by atoms with van der Waals surface area (Å²) in [5.74, 6) is -2.40. The zero-order valence-corrected chi connectivity index (χ0v) is 18.1. The number of aliphatic imine (C=N–C) groups is 1. The molecular formula is C22H21F6N3O3. The topological polar surface area (TPSA) is 86.8 Å². The van der Waals surface area contributed by atoms with E-state index in [1.165, 1.54) is 14.0 Å². The lowest BCUT2D eigenvalue weighted by atomic mass is 9.96. The highest BCUT2D eigenvalue weighted by Gasteiger charge is 2.37. The fraction of sp³-hybridized carbons (Fsp3) is 0.318. The second-order valence-corrected chi connectivity index (χ2v) is 6.82. The smallest absolute Gasteiger partial charge is 0.433 e. The molecule has 1 aromatic heterocycles. The number of benzene rings is 1. The van der Waals surface area contributed by atoms with Crippen molar-refractivity contribution in [2.24, 2.45) is 10.7 Å². The van der Waals surface area contributed by atoms with Gasteiger partial charge in [0.15, 0.2) is 0 Å². The zero-order valence-electron chi connectivity index (χ0n) is 18.1. The lowest BCUT2D eigenvalue weighted by Crippen LogP contribution is -2.28. The van der Waals surface area contributed by atoms with Crippen molar-refractivity contribution in [1.29, 1.82) is 0 Å². The molecule has 6 nitrogen and oxygen atoms in total. The molecule has 2 aromatic rings. The Kier molecular flexibility index (Phi) is 8.66. The molecule has 184 valence electrons. The maximum Gasteiger partial charge on any atom is 0.433 e. The van der Waals surface area contributed by atoms with Gasteiger partial charge in [-0.05, 0) is 42.8 Å². The van der Waals surface area contributed by atoms with E-state index in [0.29, 0.717) is 23.5 Å². The van der Waals surface area contributed by atoms with Crippen LogP contribution in [0.3, 0.4) is 0 Å². The third kappa shape index (κ3) is 7.22. The molecule has 1 unspecified atom stereocenters. The lowest BCUT2D eigenvalue weighted by molar-refractivity contribution is -0.144. The summed E-state index contributed by atoms with van der Waals surface area (Å²) in [6.45, 7) is 1.04. The largest absolute Gasteiger partial charge is 0.497 e. The first-order valence-corrected chi connectivity index (χ1v) is 9.79. The molecule has 0 saturated carbocycles. The van der Waals surface area contributed by atoms with E-state index in [2.05, 4.69) is 9.98 Å². The number of nitrogens with two attached hydrogens (primary N) is 1. The van der Waals surface area contributed by atoms with Crippen molar-refractivity contribution >= 4 is 11.7 Å². The summed E-state index contributed by atoms with van der Waals surface area (Å²) >= 11 is 0. The molecule has 0 aliphatic heterocycles. The van der Waals surface area contributed by atoms with Crippen LogP contribution in [0.15, 0.2) is 59.2 Å². The molecule has 0 amide bonds. The van der Waals surface area contributed by atoms with E-state index in [4.69, 9.17) is 15.2 Å². The van der Waals surface area contributed by atoms with E-state index in [1.807, 2.05) is 0 Å². The van der Waals surface area contributed by atoms with Gasteiger partial charge in [0, 0.05) is 0 Å². The summed E-state index contributed by atoms with van der Waals surface area (Å²) in [7, 11) is 1.45. The average Bonchev–Trinajstić information content (AvgIpc) is 2.77. The minimum absolute atomic E-state index is 0.182. The monoisotopic (exact) mass is 489 g/mol. The summed E-state index contributed by atoms with van der Waals surface area (Å²) in [6, 6.07) is 9.05. The van der Waals surface area contributed by atoms with Crippen LogP contribution >= 0.6 is 0 Å². The Morgan fingerprint density at radius 2 is 1.76 bits per heavy atom. The number of nitrogens with zero attached hydrogens (tertiary/aromatic N) is 2. The van der Waals surface area contributed by atoms with E-state index in [-0.39, 0.29) is 13.2 Å². The molecule has 1 atom stereocenters. The van der Waals surface area contributed by atoms with E-state index in [0.717, 1.165) is 12.1 Å². The maximum absolute atomic E-state index is 13.2. The van der Waals surface area contributed by atoms with Crippen LogP contribution in [0.2, 0.25) is 0 Å². The number of halogens is 6. The van der Waals surface area contributed by atoms with Gasteiger partial charge in [0.05, 0.1) is 31.7 Å². The Hall–Kier alpha value is -3.57. The number of methoxy groups -OCH3 is 1. The first-order chi connectivity index (χ1) is 15.9. The maximum atomic E-state index is 13.2. The van der Waals surface area contributed by atoms with E-state index >= 15 is 0 Å². The number of carbonyl (C=O) groups is 1. The molecule has 0 aliphatic rings. The highest BCUT2D eigenvalue weighted by Crippen LogP contribution is 2.30. The van der Waals surface area contributed by atoms with Crippen molar-refractivity contribution in [3.8, 4) is 5.75 Å². The average molecular weight is 489 g/mol. The number of hydrogen-bond donors (Lipinski definition) is 1. The minimum atomic E-state index is -4.97. The van der Waals surface area contributed by atoms with Crippen molar-refractivity contribution in [3.05, 3.63) is 71.2 Å². The van der Waals surface area contributed by atoms with Gasteiger partial charge in [-0.3, -0.25) is 9.79 Å². The predicted octanol–water partition coefficient (Wildman–Crippen LogP) is 4.80. The normalized spacial score (nSPS) is 14.0. The third-order valence-electron chi connectivity index (χ3n) is 4.41. The molecule has 2 N–H and O–H groups in total. The van der Waals surface area contributed by atoms with Crippen LogP contribution in [-0.2, 0) is 22.3 Å². The number of hydrogen-bond acceptors (Lipinski definition) is 6. The van der Waals surface area contributed by atoms with Crippen LogP contribution in [0.1, 0.15) is 29.8 Å². The lowest BCUT2D eigenvalue weighted by Gasteiger charge is -2.18. The van der Waals surface area contributed by atoms with Gasteiger partial charge in [0.1, 0.15) is 23.1 Å². The SMILES string of the molecule is CCOC(=O)C(C(C=C(N)C(F)(F)F)=NCc1ccc(OC)cc1)c1cccc(C(F)(F)F)n1. The molecule has 0 saturated heterocycles. The summed E-state index contributed by atoms with van der Waals surface area (Å²) < 4.78 is 88.9. The van der Waals surface area contributed by atoms with Crippen LogP contribution in [0.4, 0.5) is 26.3 Å². The van der Waals surface area contributed by atoms with Gasteiger partial charge in [-0.2, -0.15) is 26.3 Å². The summed E-state index contributed by atoms with van der Waals surface area (Å²) in [5, 5.41) is 0. The molecule has 1 heterocycles. The molecule has 0 bridgehead atoms. The van der Waals surface area contributed by atoms with Crippen LogP contribution in [0.5, 0.6) is 5.75 Å². The van der Waals surface area contributed by atoms with Gasteiger partial charge in [0.2, 0.25) is 0 Å². The summed E-state index contributed by atoms with van der Waals surface area (Å²) in [4.78, 5) is 20.2. The highest BCUT2D eigenvalue weighted by molar-refractivity contribution is 6.12. The van der Waals surface area contributed by atoms with Gasteiger partial charge in [0.25, 0.3) is 0 Å². The van der Waals surface area contributed by atoms with Crippen molar-refractivity contribution in [2.45, 2.75) is 31.7 Å². The van der Waals surface area contributed by atoms with Crippen LogP contribution in [0.25, 0.3) is 0 Å². The van der Waals surface area contributed by atoms with Gasteiger partial charge >= 0.3 is 18.3 Å². The quantitative estimate of drug-likeness (QED) is 0.327. The van der Waals surface area contributed by atoms with Gasteiger partial charge in [-0.15, -0.1) is 0 Å². The van der Waals surface area contributed by atoms with E-state index in [9.17, 15) is 31.1 Å². The molecule has 0 spiro atoms. The minimum Gasteiger partial charge on any atom is -0.497 e. The fourth-order valence-corrected chi connectivity index (χ4v) is 2.76. The number of allylic oxidation sites excluding steroid dienone is 2. The summed E-state index contributed by atoms with van der Waals surface area (Å²) in [5.41, 5.74) is 1.68. The fourth-order valence-electron chi connectivity index (χ4n) is 2.76. The second-order valence-electron chi connectivity index (χ2n) is 6.82. The highest BCUT2D eigenvalue weighted by atomic mass is 19.4. The molecule has 1 aromatic carbocycles. The number of rotatable bonds is 8. The number of aromatic nitrogens is 1. The first kappa shape index (κ1) is 26.7. The zero-order chi connectivity index (χ0) is 25.5. The van der Waals surface area contributed by atoms with Crippen molar-refractivity contribution in [2.75, 3.05) is 13.7 Å². The van der Waals surface area contributed by atoms with Crippen molar-refractivity contribution in [3.63, 3.8) is 0 Å². The number of pyridine rings is 1. The van der Waals surface area contributed by atoms with Crippen LogP contribution in [-0.4, -0.2) is 36.6 Å². The van der Waals surface area contributed by atoms with E-state index in [1.54, 1.807) is 24.3 Å². The molecule has 0 aliphatic carbocycles. The number of ether oxygens (including phenoxy) is 2. The molecule has 34 heavy (non-hydrogen) atoms. The Bertz CT molecular complexity index is 1050. The molecule has 0 radical (unpaired) electrons. The number of alkyl halides is 6. The molecule has 0 fully saturated rings. The van der Waals surface area contributed by atoms with E-state index < -0.39 is 47.0 Å². The van der Waals surface area contributed by atoms with Crippen LogP contribution < -0.4 is 10.5 Å². The number of esters is 1. The first-order valence-electron chi connectivity index (χ1n) is 9.79. The van der Waals surface area contributed by atoms with Gasteiger partial charge < -0.3 is 15.2 Å². The Balaban J connectivity index is 2.63. The molecule has 12 heteroatoms. The van der Waals surface area contributed by atoms with Gasteiger partial charge in [-0.1, -0.05) is 18.2 Å². The molecule has 2 rings (SSSR count). The standard InChI is InChI=1S/C22H21F6N3O3/c1-3-34-20(32)19(15-5-4-6-18(31-15)22(26,27)28)16(11-17(29)21(23,24)25)30-12-13-7-9-14(33-2)10-8-13/h4-11,19H,3,12,29H2,1-2H3. The van der Waals surface area contributed by atoms with Crippen molar-refractivity contribution in [1.82, 2.24) is 4.98 Å².